The predicted molar refractivity (Wildman–Crippen MR) is 125 cm³/mol. The molecule has 1 fully saturated rings. The van der Waals surface area contributed by atoms with Gasteiger partial charge in [-0.05, 0) is 63.0 Å². The van der Waals surface area contributed by atoms with Crippen LogP contribution >= 0.6 is 11.3 Å². The van der Waals surface area contributed by atoms with Gasteiger partial charge in [-0.3, -0.25) is 9.69 Å². The zero-order valence-corrected chi connectivity index (χ0v) is 19.0. The lowest BCUT2D eigenvalue weighted by atomic mass is 9.95. The van der Waals surface area contributed by atoms with E-state index in [9.17, 15) is 4.79 Å². The molecule has 0 atom stereocenters. The predicted octanol–water partition coefficient (Wildman–Crippen LogP) is 5.19. The van der Waals surface area contributed by atoms with Crippen LogP contribution < -0.4 is 10.1 Å². The highest BCUT2D eigenvalue weighted by Crippen LogP contribution is 2.29. The molecule has 5 nitrogen and oxygen atoms in total. The summed E-state index contributed by atoms with van der Waals surface area (Å²) in [4.78, 5) is 19.9. The van der Waals surface area contributed by atoms with Gasteiger partial charge in [0.25, 0.3) is 0 Å². The van der Waals surface area contributed by atoms with Crippen molar-refractivity contribution < 1.29 is 9.53 Å². The first-order chi connectivity index (χ1) is 15.1. The fourth-order valence-corrected chi connectivity index (χ4v) is 4.49. The van der Waals surface area contributed by atoms with Crippen LogP contribution in [0.15, 0.2) is 53.9 Å². The molecule has 31 heavy (non-hydrogen) atoms. The minimum absolute atomic E-state index is 0.0247. The fraction of sp³-hybridized carbons (Fsp3) is 0.360. The molecule has 0 aliphatic carbocycles. The third kappa shape index (κ3) is 5.93. The van der Waals surface area contributed by atoms with Crippen molar-refractivity contribution in [3.8, 4) is 5.75 Å². The fourth-order valence-electron chi connectivity index (χ4n) is 3.89. The molecule has 2 aromatic carbocycles. The lowest BCUT2D eigenvalue weighted by Crippen LogP contribution is -2.37. The van der Waals surface area contributed by atoms with Crippen LogP contribution in [0.1, 0.15) is 34.7 Å². The van der Waals surface area contributed by atoms with E-state index < -0.39 is 0 Å². The minimum atomic E-state index is 0.0247. The molecule has 1 N–H and O–H groups in total. The maximum absolute atomic E-state index is 13.0. The lowest BCUT2D eigenvalue weighted by Gasteiger charge is -2.30. The number of benzene rings is 2. The Bertz CT molecular complexity index is 1010. The number of piperidine rings is 1. The molecule has 0 saturated carbocycles. The summed E-state index contributed by atoms with van der Waals surface area (Å²) >= 11 is 1.69. The monoisotopic (exact) mass is 435 g/mol. The Kier molecular flexibility index (Phi) is 6.99. The number of ether oxygens (including phenoxy) is 1. The zero-order valence-electron chi connectivity index (χ0n) is 18.1. The van der Waals surface area contributed by atoms with Crippen molar-refractivity contribution in [2.45, 2.75) is 39.8 Å². The molecule has 0 bridgehead atoms. The number of carbonyl (C=O) groups is 1. The number of carbonyl (C=O) groups excluding carboxylic acids is 1. The van der Waals surface area contributed by atoms with Crippen molar-refractivity contribution in [3.63, 3.8) is 0 Å². The minimum Gasteiger partial charge on any atom is -0.487 e. The Morgan fingerprint density at radius 2 is 1.94 bits per heavy atom. The molecule has 0 spiro atoms. The number of thiazole rings is 1. The first kappa shape index (κ1) is 21.5. The molecule has 1 amide bonds. The maximum Gasteiger partial charge on any atom is 0.227 e. The first-order valence-electron chi connectivity index (χ1n) is 10.8. The number of hydrogen-bond donors (Lipinski definition) is 1. The van der Waals surface area contributed by atoms with E-state index in [0.29, 0.717) is 12.4 Å². The molecule has 1 aromatic heterocycles. The zero-order chi connectivity index (χ0) is 21.6. The van der Waals surface area contributed by atoms with Crippen LogP contribution in [0.25, 0.3) is 0 Å². The standard InChI is InChI=1S/C25H29N3O2S/c1-18-8-9-23(24(14-18)30-16-20-6-4-3-5-7-20)27-25(29)21-10-12-28(13-11-21)15-22-17-31-19(2)26-22/h3-9,14,17,21H,10-13,15-16H2,1-2H3,(H,27,29). The number of amides is 1. The van der Waals surface area contributed by atoms with E-state index in [-0.39, 0.29) is 11.8 Å². The lowest BCUT2D eigenvalue weighted by molar-refractivity contribution is -0.121. The van der Waals surface area contributed by atoms with Crippen molar-refractivity contribution >= 4 is 22.9 Å². The molecule has 6 heteroatoms. The van der Waals surface area contributed by atoms with Gasteiger partial charge in [0.1, 0.15) is 12.4 Å². The number of aryl methyl sites for hydroxylation is 2. The van der Waals surface area contributed by atoms with Crippen molar-refractivity contribution in [2.24, 2.45) is 5.92 Å². The van der Waals surface area contributed by atoms with Crippen LogP contribution in [0, 0.1) is 19.8 Å². The van der Waals surface area contributed by atoms with Crippen molar-refractivity contribution in [1.29, 1.82) is 0 Å². The van der Waals surface area contributed by atoms with Crippen molar-refractivity contribution in [3.05, 3.63) is 75.7 Å². The Labute approximate surface area is 188 Å². The van der Waals surface area contributed by atoms with Crippen LogP contribution in [0.3, 0.4) is 0 Å². The van der Waals surface area contributed by atoms with Crippen molar-refractivity contribution in [2.75, 3.05) is 18.4 Å². The second kappa shape index (κ2) is 10.1. The number of nitrogens with zero attached hydrogens (tertiary/aromatic N) is 2. The Morgan fingerprint density at radius 1 is 1.16 bits per heavy atom. The van der Waals surface area contributed by atoms with Crippen LogP contribution in [0.5, 0.6) is 5.75 Å². The molecule has 1 aliphatic heterocycles. The van der Waals surface area contributed by atoms with Gasteiger partial charge in [-0.2, -0.15) is 0 Å². The first-order valence-corrected chi connectivity index (χ1v) is 11.7. The highest BCUT2D eigenvalue weighted by molar-refractivity contribution is 7.09. The summed E-state index contributed by atoms with van der Waals surface area (Å²) in [6, 6.07) is 16.0. The largest absolute Gasteiger partial charge is 0.487 e. The number of likely N-dealkylation sites (tertiary alicyclic amines) is 1. The number of nitrogens with one attached hydrogen (secondary N) is 1. The van der Waals surface area contributed by atoms with Gasteiger partial charge < -0.3 is 10.1 Å². The molecule has 0 unspecified atom stereocenters. The Morgan fingerprint density at radius 3 is 2.65 bits per heavy atom. The summed E-state index contributed by atoms with van der Waals surface area (Å²) in [5.41, 5.74) is 4.08. The van der Waals surface area contributed by atoms with Crippen LogP contribution in [0.2, 0.25) is 0 Å². The average molecular weight is 436 g/mol. The number of hydrogen-bond acceptors (Lipinski definition) is 5. The SMILES string of the molecule is Cc1ccc(NC(=O)C2CCN(Cc3csc(C)n3)CC2)c(OCc2ccccc2)c1. The Balaban J connectivity index is 1.33. The summed E-state index contributed by atoms with van der Waals surface area (Å²) in [5, 5.41) is 6.35. The number of anilines is 1. The summed E-state index contributed by atoms with van der Waals surface area (Å²) < 4.78 is 6.05. The molecule has 162 valence electrons. The highest BCUT2D eigenvalue weighted by Gasteiger charge is 2.26. The summed E-state index contributed by atoms with van der Waals surface area (Å²) in [5.74, 6) is 0.822. The van der Waals surface area contributed by atoms with Gasteiger partial charge in [-0.1, -0.05) is 36.4 Å². The molecule has 0 radical (unpaired) electrons. The van der Waals surface area contributed by atoms with E-state index in [1.54, 1.807) is 11.3 Å². The summed E-state index contributed by atoms with van der Waals surface area (Å²) in [7, 11) is 0. The maximum atomic E-state index is 13.0. The molecular weight excluding hydrogens is 406 g/mol. The van der Waals surface area contributed by atoms with E-state index in [1.165, 1.54) is 0 Å². The molecule has 2 heterocycles. The summed E-state index contributed by atoms with van der Waals surface area (Å²) in [6.45, 7) is 7.24. The average Bonchev–Trinajstić information content (AvgIpc) is 3.19. The van der Waals surface area contributed by atoms with Gasteiger partial charge in [0, 0.05) is 17.8 Å². The van der Waals surface area contributed by atoms with E-state index >= 15 is 0 Å². The second-order valence-electron chi connectivity index (χ2n) is 8.17. The van der Waals surface area contributed by atoms with Gasteiger partial charge in [0.15, 0.2) is 0 Å². The highest BCUT2D eigenvalue weighted by atomic mass is 32.1. The van der Waals surface area contributed by atoms with Crippen LogP contribution in [-0.2, 0) is 17.9 Å². The van der Waals surface area contributed by atoms with Gasteiger partial charge in [0.2, 0.25) is 5.91 Å². The molecule has 1 saturated heterocycles. The molecule has 3 aromatic rings. The molecule has 1 aliphatic rings. The quantitative estimate of drug-likeness (QED) is 0.555. The van der Waals surface area contributed by atoms with Gasteiger partial charge >= 0.3 is 0 Å². The van der Waals surface area contributed by atoms with Crippen LogP contribution in [0.4, 0.5) is 5.69 Å². The third-order valence-corrected chi connectivity index (χ3v) is 6.47. The summed E-state index contributed by atoms with van der Waals surface area (Å²) in [6.07, 6.45) is 1.72. The topological polar surface area (TPSA) is 54.5 Å². The van der Waals surface area contributed by atoms with Crippen molar-refractivity contribution in [1.82, 2.24) is 9.88 Å². The molecular formula is C25H29N3O2S. The van der Waals surface area contributed by atoms with Gasteiger partial charge in [-0.15, -0.1) is 11.3 Å². The molecule has 4 rings (SSSR count). The second-order valence-corrected chi connectivity index (χ2v) is 9.23. The smallest absolute Gasteiger partial charge is 0.227 e. The number of rotatable bonds is 7. The normalized spacial score (nSPS) is 15.0. The van der Waals surface area contributed by atoms with E-state index in [2.05, 4.69) is 20.6 Å². The Hall–Kier alpha value is -2.70. The van der Waals surface area contributed by atoms with E-state index in [4.69, 9.17) is 4.74 Å². The number of aromatic nitrogens is 1. The van der Waals surface area contributed by atoms with E-state index in [1.807, 2.05) is 62.4 Å². The third-order valence-electron chi connectivity index (χ3n) is 5.64. The van der Waals surface area contributed by atoms with Gasteiger partial charge in [-0.25, -0.2) is 4.98 Å². The van der Waals surface area contributed by atoms with Crippen LogP contribution in [-0.4, -0.2) is 28.9 Å². The van der Waals surface area contributed by atoms with E-state index in [0.717, 1.165) is 60.0 Å². The van der Waals surface area contributed by atoms with Gasteiger partial charge in [0.05, 0.1) is 16.4 Å².